The van der Waals surface area contributed by atoms with E-state index in [1.54, 1.807) is 0 Å². The van der Waals surface area contributed by atoms with E-state index in [-0.39, 0.29) is 11.3 Å². The van der Waals surface area contributed by atoms with Crippen molar-refractivity contribution in [3.8, 4) is 5.75 Å². The van der Waals surface area contributed by atoms with Gasteiger partial charge in [0.05, 0.1) is 0 Å². The molecule has 3 aromatic rings. The Morgan fingerprint density at radius 2 is 1.81 bits per heavy atom. The van der Waals surface area contributed by atoms with Gasteiger partial charge in [-0.1, -0.05) is 63.2 Å². The normalized spacial score (nSPS) is 19.3. The molecule has 0 unspecified atom stereocenters. The van der Waals surface area contributed by atoms with Crippen molar-refractivity contribution in [3.63, 3.8) is 0 Å². The summed E-state index contributed by atoms with van der Waals surface area (Å²) in [6, 6.07) is 21.8. The molecule has 4 heteroatoms. The Kier molecular flexibility index (Phi) is 6.08. The molecule has 1 aliphatic carbocycles. The molecule has 1 saturated carbocycles. The number of ether oxygens (including phenoxy) is 1. The first-order chi connectivity index (χ1) is 14.9. The first-order valence-corrected chi connectivity index (χ1v) is 10.9. The molecule has 0 radical (unpaired) electrons. The van der Waals surface area contributed by atoms with E-state index < -0.39 is 0 Å². The summed E-state index contributed by atoms with van der Waals surface area (Å²) in [5.41, 5.74) is 5.68. The molecular weight excluding hydrogens is 384 g/mol. The quantitative estimate of drug-likeness (QED) is 0.495. The number of nitrogens with one attached hydrogen (secondary N) is 1. The van der Waals surface area contributed by atoms with Crippen molar-refractivity contribution in [2.75, 3.05) is 0 Å². The standard InChI is InChI=1S/C27H30N2O2/c1-19-14-24(17-27(2,3)16-19)28-29-26(30)22-10-8-20(9-11-22)18-31-25-13-12-21-6-4-5-7-23(21)15-25/h4-13,15,19H,14,16-18H2,1-3H3,(H,29,30)/b28-24-/t19-/m0/s1. The van der Waals surface area contributed by atoms with E-state index in [4.69, 9.17) is 4.74 Å². The van der Waals surface area contributed by atoms with E-state index in [0.29, 0.717) is 18.1 Å². The SMILES string of the molecule is C[C@H]1C/C(=N/NC(=O)c2ccc(COc3ccc4ccccc4c3)cc2)CC(C)(C)C1. The molecule has 160 valence electrons. The molecule has 0 saturated heterocycles. The summed E-state index contributed by atoms with van der Waals surface area (Å²) in [5, 5.41) is 6.77. The largest absolute Gasteiger partial charge is 0.489 e. The fraction of sp³-hybridized carbons (Fsp3) is 0.333. The number of benzene rings is 3. The zero-order valence-corrected chi connectivity index (χ0v) is 18.5. The number of hydrogen-bond donors (Lipinski definition) is 1. The van der Waals surface area contributed by atoms with Crippen molar-refractivity contribution < 1.29 is 9.53 Å². The molecule has 1 atom stereocenters. The van der Waals surface area contributed by atoms with Crippen molar-refractivity contribution in [1.29, 1.82) is 0 Å². The summed E-state index contributed by atoms with van der Waals surface area (Å²) in [7, 11) is 0. The number of nitrogens with zero attached hydrogens (tertiary/aromatic N) is 1. The van der Waals surface area contributed by atoms with E-state index in [0.717, 1.165) is 35.3 Å². The van der Waals surface area contributed by atoms with Crippen LogP contribution in [0, 0.1) is 11.3 Å². The summed E-state index contributed by atoms with van der Waals surface area (Å²) in [6.45, 7) is 7.23. The number of hydrazone groups is 1. The van der Waals surface area contributed by atoms with Crippen molar-refractivity contribution in [1.82, 2.24) is 5.43 Å². The average Bonchev–Trinajstić information content (AvgIpc) is 2.75. The molecule has 1 amide bonds. The number of amides is 1. The minimum atomic E-state index is -0.175. The van der Waals surface area contributed by atoms with Crippen LogP contribution in [0.15, 0.2) is 71.8 Å². The molecule has 1 aliphatic rings. The number of fused-ring (bicyclic) bond motifs is 1. The summed E-state index contributed by atoms with van der Waals surface area (Å²) in [5.74, 6) is 1.26. The van der Waals surface area contributed by atoms with Crippen LogP contribution < -0.4 is 10.2 Å². The van der Waals surface area contributed by atoms with E-state index in [2.05, 4.69) is 49.5 Å². The third-order valence-electron chi connectivity index (χ3n) is 5.83. The van der Waals surface area contributed by atoms with Gasteiger partial charge in [-0.05, 0) is 71.2 Å². The minimum Gasteiger partial charge on any atom is -0.489 e. The Balaban J connectivity index is 1.34. The van der Waals surface area contributed by atoms with Gasteiger partial charge in [0.15, 0.2) is 0 Å². The van der Waals surface area contributed by atoms with Crippen LogP contribution in [0.1, 0.15) is 56.0 Å². The van der Waals surface area contributed by atoms with Crippen LogP contribution in [0.4, 0.5) is 0 Å². The second-order valence-corrected chi connectivity index (χ2v) is 9.47. The van der Waals surface area contributed by atoms with Crippen molar-refractivity contribution in [3.05, 3.63) is 77.9 Å². The first kappa shape index (κ1) is 21.1. The first-order valence-electron chi connectivity index (χ1n) is 10.9. The summed E-state index contributed by atoms with van der Waals surface area (Å²) in [6.07, 6.45) is 3.08. The van der Waals surface area contributed by atoms with Gasteiger partial charge in [-0.25, -0.2) is 5.43 Å². The lowest BCUT2D eigenvalue weighted by atomic mass is 9.72. The molecule has 0 heterocycles. The predicted octanol–water partition coefficient (Wildman–Crippen LogP) is 6.35. The number of carbonyl (C=O) groups is 1. The second kappa shape index (κ2) is 8.93. The fourth-order valence-corrected chi connectivity index (χ4v) is 4.57. The Morgan fingerprint density at radius 3 is 2.55 bits per heavy atom. The van der Waals surface area contributed by atoms with Crippen LogP contribution in [-0.2, 0) is 6.61 Å². The average molecular weight is 415 g/mol. The maximum atomic E-state index is 12.5. The topological polar surface area (TPSA) is 50.7 Å². The lowest BCUT2D eigenvalue weighted by Gasteiger charge is -2.34. The molecular formula is C27H30N2O2. The lowest BCUT2D eigenvalue weighted by Crippen LogP contribution is -2.30. The summed E-state index contributed by atoms with van der Waals surface area (Å²) >= 11 is 0. The van der Waals surface area contributed by atoms with Crippen LogP contribution in [0.25, 0.3) is 10.8 Å². The Hall–Kier alpha value is -3.14. The second-order valence-electron chi connectivity index (χ2n) is 9.47. The van der Waals surface area contributed by atoms with Crippen molar-refractivity contribution in [2.24, 2.45) is 16.4 Å². The molecule has 31 heavy (non-hydrogen) atoms. The molecule has 0 bridgehead atoms. The fourth-order valence-electron chi connectivity index (χ4n) is 4.57. The molecule has 3 aromatic carbocycles. The highest BCUT2D eigenvalue weighted by molar-refractivity contribution is 5.95. The van der Waals surface area contributed by atoms with E-state index >= 15 is 0 Å². The van der Waals surface area contributed by atoms with Gasteiger partial charge in [0.25, 0.3) is 5.91 Å². The highest BCUT2D eigenvalue weighted by atomic mass is 16.5. The minimum absolute atomic E-state index is 0.175. The van der Waals surface area contributed by atoms with E-state index in [1.165, 1.54) is 11.8 Å². The van der Waals surface area contributed by atoms with Crippen LogP contribution in [-0.4, -0.2) is 11.6 Å². The Labute approximate surface area is 184 Å². The molecule has 4 rings (SSSR count). The van der Waals surface area contributed by atoms with Gasteiger partial charge in [-0.3, -0.25) is 4.79 Å². The third kappa shape index (κ3) is 5.52. The maximum Gasteiger partial charge on any atom is 0.271 e. The predicted molar refractivity (Wildman–Crippen MR) is 126 cm³/mol. The zero-order chi connectivity index (χ0) is 21.8. The number of hydrogen-bond acceptors (Lipinski definition) is 3. The van der Waals surface area contributed by atoms with Crippen molar-refractivity contribution >= 4 is 22.4 Å². The van der Waals surface area contributed by atoms with Gasteiger partial charge in [0.1, 0.15) is 12.4 Å². The van der Waals surface area contributed by atoms with Crippen LogP contribution in [0.5, 0.6) is 5.75 Å². The van der Waals surface area contributed by atoms with Crippen LogP contribution >= 0.6 is 0 Å². The van der Waals surface area contributed by atoms with Gasteiger partial charge >= 0.3 is 0 Å². The van der Waals surface area contributed by atoms with Gasteiger partial charge in [-0.15, -0.1) is 0 Å². The molecule has 0 spiro atoms. The molecule has 1 fully saturated rings. The van der Waals surface area contributed by atoms with Gasteiger partial charge in [-0.2, -0.15) is 5.10 Å². The van der Waals surface area contributed by atoms with Gasteiger partial charge in [0, 0.05) is 11.3 Å². The monoisotopic (exact) mass is 414 g/mol. The lowest BCUT2D eigenvalue weighted by molar-refractivity contribution is 0.0954. The van der Waals surface area contributed by atoms with E-state index in [1.807, 2.05) is 48.5 Å². The Bertz CT molecular complexity index is 1100. The van der Waals surface area contributed by atoms with Gasteiger partial charge < -0.3 is 4.74 Å². The number of rotatable bonds is 5. The number of carbonyl (C=O) groups excluding carboxylic acids is 1. The molecule has 0 aromatic heterocycles. The third-order valence-corrected chi connectivity index (χ3v) is 5.83. The Morgan fingerprint density at radius 1 is 1.06 bits per heavy atom. The smallest absolute Gasteiger partial charge is 0.271 e. The van der Waals surface area contributed by atoms with Crippen molar-refractivity contribution in [2.45, 2.75) is 46.6 Å². The van der Waals surface area contributed by atoms with Gasteiger partial charge in [0.2, 0.25) is 0 Å². The van der Waals surface area contributed by atoms with Crippen LogP contribution in [0.2, 0.25) is 0 Å². The van der Waals surface area contributed by atoms with Crippen LogP contribution in [0.3, 0.4) is 0 Å². The molecule has 1 N–H and O–H groups in total. The molecule has 0 aliphatic heterocycles. The maximum absolute atomic E-state index is 12.5. The molecule has 4 nitrogen and oxygen atoms in total. The zero-order valence-electron chi connectivity index (χ0n) is 18.5. The highest BCUT2D eigenvalue weighted by Gasteiger charge is 2.29. The van der Waals surface area contributed by atoms with E-state index in [9.17, 15) is 4.79 Å². The summed E-state index contributed by atoms with van der Waals surface area (Å²) < 4.78 is 5.93. The summed E-state index contributed by atoms with van der Waals surface area (Å²) in [4.78, 5) is 12.5. The highest BCUT2D eigenvalue weighted by Crippen LogP contribution is 2.36.